The lowest BCUT2D eigenvalue weighted by molar-refractivity contribution is 0.276. The van der Waals surface area contributed by atoms with E-state index in [-0.39, 0.29) is 5.04 Å². The summed E-state index contributed by atoms with van der Waals surface area (Å²) in [5.41, 5.74) is 8.67. The molecule has 0 amide bonds. The molecule has 0 aliphatic heterocycles. The van der Waals surface area contributed by atoms with Gasteiger partial charge in [-0.2, -0.15) is 0 Å². The third-order valence-electron chi connectivity index (χ3n) is 3.87. The molecule has 1 aromatic carbocycles. The molecule has 0 unspecified atom stereocenters. The molecule has 0 bridgehead atoms. The van der Waals surface area contributed by atoms with Gasteiger partial charge < -0.3 is 10.2 Å². The minimum absolute atomic E-state index is 0.213. The van der Waals surface area contributed by atoms with Crippen molar-refractivity contribution in [3.05, 3.63) is 28.3 Å². The van der Waals surface area contributed by atoms with Crippen LogP contribution in [0.15, 0.2) is 12.1 Å². The Kier molecular flexibility index (Phi) is 4.52. The molecule has 0 saturated carbocycles. The molecule has 1 aromatic rings. The van der Waals surface area contributed by atoms with Gasteiger partial charge in [0.25, 0.3) is 0 Å². The van der Waals surface area contributed by atoms with Gasteiger partial charge in [0.05, 0.1) is 6.61 Å². The summed E-state index contributed by atoms with van der Waals surface area (Å²) in [6, 6.07) is 3.74. The molecule has 0 heterocycles. The fourth-order valence-corrected chi connectivity index (χ4v) is 2.58. The van der Waals surface area contributed by atoms with Gasteiger partial charge in [-0.05, 0) is 48.3 Å². The second kappa shape index (κ2) is 5.23. The number of nitrogens with two attached hydrogens (primary N) is 1. The molecule has 2 nitrogen and oxygen atoms in total. The van der Waals surface area contributed by atoms with Crippen molar-refractivity contribution in [2.24, 2.45) is 0 Å². The summed E-state index contributed by atoms with van der Waals surface area (Å²) in [5, 5.41) is 0.925. The summed E-state index contributed by atoms with van der Waals surface area (Å²) in [4.78, 5) is 0. The van der Waals surface area contributed by atoms with Gasteiger partial charge in [-0.25, -0.2) is 0 Å². The van der Waals surface area contributed by atoms with Crippen molar-refractivity contribution in [1.29, 1.82) is 0 Å². The number of hydrogen-bond acceptors (Lipinski definition) is 2. The summed E-state index contributed by atoms with van der Waals surface area (Å²) in [6.07, 6.45) is 0. The zero-order valence-corrected chi connectivity index (χ0v) is 14.0. The number of hydrogen-bond donors (Lipinski definition) is 1. The van der Waals surface area contributed by atoms with Crippen molar-refractivity contribution in [2.45, 2.75) is 52.4 Å². The van der Waals surface area contributed by atoms with Gasteiger partial charge in [0, 0.05) is 10.7 Å². The van der Waals surface area contributed by atoms with E-state index in [4.69, 9.17) is 21.8 Å². The highest BCUT2D eigenvalue weighted by Gasteiger charge is 2.37. The van der Waals surface area contributed by atoms with Crippen LogP contribution in [0.1, 0.15) is 31.9 Å². The topological polar surface area (TPSA) is 35.2 Å². The van der Waals surface area contributed by atoms with Crippen LogP contribution < -0.4 is 5.73 Å². The van der Waals surface area contributed by atoms with E-state index in [0.717, 1.165) is 11.1 Å². The van der Waals surface area contributed by atoms with Crippen molar-refractivity contribution in [3.63, 3.8) is 0 Å². The van der Waals surface area contributed by atoms with Crippen LogP contribution in [0.25, 0.3) is 0 Å². The van der Waals surface area contributed by atoms with Crippen molar-refractivity contribution in [3.8, 4) is 0 Å². The van der Waals surface area contributed by atoms with E-state index < -0.39 is 8.32 Å². The van der Waals surface area contributed by atoms with Crippen molar-refractivity contribution in [2.75, 3.05) is 5.73 Å². The van der Waals surface area contributed by atoms with Gasteiger partial charge in [-0.15, -0.1) is 0 Å². The molecule has 2 N–H and O–H groups in total. The van der Waals surface area contributed by atoms with Gasteiger partial charge >= 0.3 is 0 Å². The normalized spacial score (nSPS) is 12.8. The Balaban J connectivity index is 2.88. The van der Waals surface area contributed by atoms with E-state index >= 15 is 0 Å². The number of nitrogen functional groups attached to an aromatic ring is 1. The predicted octanol–water partition coefficient (Wildman–Crippen LogP) is 4.75. The van der Waals surface area contributed by atoms with E-state index in [0.29, 0.717) is 17.3 Å². The van der Waals surface area contributed by atoms with Crippen LogP contribution in [0, 0.1) is 6.92 Å². The highest BCUT2D eigenvalue weighted by Crippen LogP contribution is 2.37. The lowest BCUT2D eigenvalue weighted by atomic mass is 10.1. The average molecular weight is 286 g/mol. The second-order valence-electron chi connectivity index (χ2n) is 6.34. The maximum absolute atomic E-state index is 6.20. The standard InChI is InChI=1S/C14H24ClNOSi/c1-10-11(7-12(16)8-13(10)15)9-17-18(5,6)14(2,3)4/h7-8H,9,16H2,1-6H3. The first-order valence-corrected chi connectivity index (χ1v) is 9.51. The van der Waals surface area contributed by atoms with Crippen LogP contribution in [-0.2, 0) is 11.0 Å². The zero-order valence-electron chi connectivity index (χ0n) is 12.2. The van der Waals surface area contributed by atoms with Crippen LogP contribution in [0.5, 0.6) is 0 Å². The molecular weight excluding hydrogens is 262 g/mol. The minimum atomic E-state index is -1.73. The first-order chi connectivity index (χ1) is 8.04. The summed E-state index contributed by atoms with van der Waals surface area (Å²) >= 11 is 6.13. The molecule has 0 spiro atoms. The molecule has 0 aliphatic rings. The predicted molar refractivity (Wildman–Crippen MR) is 82.6 cm³/mol. The summed E-state index contributed by atoms with van der Waals surface area (Å²) in [6.45, 7) is 13.8. The Morgan fingerprint density at radius 3 is 2.33 bits per heavy atom. The van der Waals surface area contributed by atoms with Crippen molar-refractivity contribution in [1.82, 2.24) is 0 Å². The molecule has 102 valence electrons. The molecule has 0 radical (unpaired) electrons. The molecule has 1 rings (SSSR count). The van der Waals surface area contributed by atoms with Crippen LogP contribution in [0.2, 0.25) is 23.2 Å². The third kappa shape index (κ3) is 3.50. The van der Waals surface area contributed by atoms with Crippen LogP contribution in [0.3, 0.4) is 0 Å². The van der Waals surface area contributed by atoms with E-state index in [9.17, 15) is 0 Å². The average Bonchev–Trinajstić information content (AvgIpc) is 2.19. The lowest BCUT2D eigenvalue weighted by Crippen LogP contribution is -2.40. The Morgan fingerprint density at radius 1 is 1.28 bits per heavy atom. The van der Waals surface area contributed by atoms with Gasteiger partial charge in [0.2, 0.25) is 0 Å². The minimum Gasteiger partial charge on any atom is -0.413 e. The first-order valence-electron chi connectivity index (χ1n) is 6.23. The fraction of sp³-hybridized carbons (Fsp3) is 0.571. The smallest absolute Gasteiger partial charge is 0.192 e. The second-order valence-corrected chi connectivity index (χ2v) is 11.6. The van der Waals surface area contributed by atoms with Gasteiger partial charge in [-0.3, -0.25) is 0 Å². The molecule has 0 saturated heterocycles. The molecule has 0 atom stereocenters. The van der Waals surface area contributed by atoms with Gasteiger partial charge in [0.15, 0.2) is 8.32 Å². The van der Waals surface area contributed by atoms with E-state index in [1.807, 2.05) is 13.0 Å². The fourth-order valence-electron chi connectivity index (χ4n) is 1.38. The molecule has 0 fully saturated rings. The molecule has 18 heavy (non-hydrogen) atoms. The molecule has 0 aliphatic carbocycles. The highest BCUT2D eigenvalue weighted by molar-refractivity contribution is 6.74. The maximum Gasteiger partial charge on any atom is 0.192 e. The number of rotatable bonds is 3. The lowest BCUT2D eigenvalue weighted by Gasteiger charge is -2.36. The quantitative estimate of drug-likeness (QED) is 0.642. The first kappa shape index (κ1) is 15.5. The maximum atomic E-state index is 6.20. The van der Waals surface area contributed by atoms with Crippen LogP contribution in [-0.4, -0.2) is 8.32 Å². The SMILES string of the molecule is Cc1c(Cl)cc(N)cc1CO[Si](C)(C)C(C)(C)C. The Morgan fingerprint density at radius 2 is 1.83 bits per heavy atom. The zero-order chi connectivity index (χ0) is 14.1. The van der Waals surface area contributed by atoms with Crippen molar-refractivity contribution >= 4 is 25.6 Å². The monoisotopic (exact) mass is 285 g/mol. The largest absolute Gasteiger partial charge is 0.413 e. The van der Waals surface area contributed by atoms with Gasteiger partial charge in [0.1, 0.15) is 0 Å². The number of anilines is 1. The third-order valence-corrected chi connectivity index (χ3v) is 8.74. The van der Waals surface area contributed by atoms with E-state index in [1.54, 1.807) is 6.07 Å². The van der Waals surface area contributed by atoms with Crippen LogP contribution in [0.4, 0.5) is 5.69 Å². The van der Waals surface area contributed by atoms with E-state index in [2.05, 4.69) is 33.9 Å². The highest BCUT2D eigenvalue weighted by atomic mass is 35.5. The van der Waals surface area contributed by atoms with Gasteiger partial charge in [-0.1, -0.05) is 32.4 Å². The summed E-state index contributed by atoms with van der Waals surface area (Å²) in [7, 11) is -1.73. The molecule has 4 heteroatoms. The molecule has 0 aromatic heterocycles. The van der Waals surface area contributed by atoms with Crippen molar-refractivity contribution < 1.29 is 4.43 Å². The Hall–Kier alpha value is -0.513. The van der Waals surface area contributed by atoms with E-state index in [1.165, 1.54) is 0 Å². The van der Waals surface area contributed by atoms with Crippen LogP contribution >= 0.6 is 11.6 Å². The summed E-state index contributed by atoms with van der Waals surface area (Å²) < 4.78 is 6.20. The number of halogens is 1. The Bertz CT molecular complexity index is 438. The Labute approximate surface area is 117 Å². The number of benzene rings is 1. The summed E-state index contributed by atoms with van der Waals surface area (Å²) in [5.74, 6) is 0. The molecular formula is C14H24ClNOSi.